The average molecular weight is 323 g/mol. The maximum Gasteiger partial charge on any atom is 0.320 e. The molecule has 6 heteroatoms. The maximum absolute atomic E-state index is 12.4. The third kappa shape index (κ3) is 3.22. The van der Waals surface area contributed by atoms with Crippen LogP contribution in [0, 0.1) is 5.92 Å². The Morgan fingerprint density at radius 2 is 1.96 bits per heavy atom. The molecule has 124 valence electrons. The summed E-state index contributed by atoms with van der Waals surface area (Å²) in [7, 11) is 0. The molecule has 1 atom stereocenters. The minimum absolute atomic E-state index is 0.0234. The highest BCUT2D eigenvalue weighted by molar-refractivity contribution is 5.88. The lowest BCUT2D eigenvalue weighted by molar-refractivity contribution is 0.247. The molecular weight excluding hydrogens is 302 g/mol. The summed E-state index contributed by atoms with van der Waals surface area (Å²) in [5, 5.41) is 5.93. The van der Waals surface area contributed by atoms with E-state index in [9.17, 15) is 4.79 Å². The molecule has 0 saturated heterocycles. The predicted octanol–water partition coefficient (Wildman–Crippen LogP) is 3.20. The minimum Gasteiger partial charge on any atom is -0.331 e. The van der Waals surface area contributed by atoms with Crippen molar-refractivity contribution in [3.05, 3.63) is 48.2 Å². The summed E-state index contributed by atoms with van der Waals surface area (Å²) in [5.41, 5.74) is 1.18. The summed E-state index contributed by atoms with van der Waals surface area (Å²) in [5.74, 6) is 1.87. The molecule has 6 nitrogen and oxygen atoms in total. The van der Waals surface area contributed by atoms with Crippen LogP contribution in [0.3, 0.4) is 0 Å². The summed E-state index contributed by atoms with van der Waals surface area (Å²) in [6, 6.07) is 5.44. The lowest BCUT2D eigenvalue weighted by atomic mass is 10.0. The zero-order valence-electron chi connectivity index (χ0n) is 13.7. The standard InChI is InChI=1S/C18H21N5O/c1-18(7-8-18)16-20-11-6-14(21-16)22-17(24)23-15(12-2-3-12)13-4-9-19-10-5-13/h4-6,9-12,15H,2-3,7-8H2,1H3,(H2,20,21,22,23,24). The molecule has 2 N–H and O–H groups in total. The van der Waals surface area contributed by atoms with Gasteiger partial charge in [0.25, 0.3) is 0 Å². The van der Waals surface area contributed by atoms with Crippen LogP contribution in [0.15, 0.2) is 36.8 Å². The molecule has 2 saturated carbocycles. The molecule has 0 spiro atoms. The summed E-state index contributed by atoms with van der Waals surface area (Å²) in [6.07, 6.45) is 9.73. The third-order valence-electron chi connectivity index (χ3n) is 4.88. The van der Waals surface area contributed by atoms with Gasteiger partial charge in [-0.05, 0) is 55.4 Å². The number of pyridine rings is 1. The van der Waals surface area contributed by atoms with Crippen LogP contribution in [0.2, 0.25) is 0 Å². The van der Waals surface area contributed by atoms with Crippen molar-refractivity contribution in [2.75, 3.05) is 5.32 Å². The van der Waals surface area contributed by atoms with E-state index >= 15 is 0 Å². The maximum atomic E-state index is 12.4. The number of anilines is 1. The third-order valence-corrected chi connectivity index (χ3v) is 4.88. The number of nitrogens with zero attached hydrogens (tertiary/aromatic N) is 3. The van der Waals surface area contributed by atoms with E-state index in [0.717, 1.165) is 37.1 Å². The zero-order valence-corrected chi connectivity index (χ0v) is 13.7. The molecule has 2 heterocycles. The van der Waals surface area contributed by atoms with Gasteiger partial charge in [0, 0.05) is 24.0 Å². The summed E-state index contributed by atoms with van der Waals surface area (Å²) in [4.78, 5) is 25.3. The van der Waals surface area contributed by atoms with Crippen LogP contribution < -0.4 is 10.6 Å². The molecule has 1 unspecified atom stereocenters. The van der Waals surface area contributed by atoms with Gasteiger partial charge in [0.2, 0.25) is 0 Å². The normalized spacial score (nSPS) is 19.4. The first-order valence-electron chi connectivity index (χ1n) is 8.45. The van der Waals surface area contributed by atoms with Gasteiger partial charge in [-0.15, -0.1) is 0 Å². The number of rotatable bonds is 5. The van der Waals surface area contributed by atoms with Gasteiger partial charge in [-0.3, -0.25) is 10.3 Å². The van der Waals surface area contributed by atoms with E-state index in [-0.39, 0.29) is 17.5 Å². The number of carbonyl (C=O) groups is 1. The van der Waals surface area contributed by atoms with Crippen molar-refractivity contribution in [1.29, 1.82) is 0 Å². The van der Waals surface area contributed by atoms with E-state index in [1.807, 2.05) is 12.1 Å². The van der Waals surface area contributed by atoms with Gasteiger partial charge in [-0.1, -0.05) is 6.92 Å². The lowest BCUT2D eigenvalue weighted by Crippen LogP contribution is -2.34. The average Bonchev–Trinajstić information content (AvgIpc) is 3.51. The number of urea groups is 1. The summed E-state index contributed by atoms with van der Waals surface area (Å²) < 4.78 is 0. The second kappa shape index (κ2) is 5.85. The molecule has 2 aliphatic rings. The Balaban J connectivity index is 1.44. The SMILES string of the molecule is CC1(c2nccc(NC(=O)NC(c3ccncc3)C3CC3)n2)CC1. The number of carbonyl (C=O) groups excluding carboxylic acids is 1. The first-order chi connectivity index (χ1) is 11.6. The number of amides is 2. The number of nitrogens with one attached hydrogen (secondary N) is 2. The Kier molecular flexibility index (Phi) is 3.67. The van der Waals surface area contributed by atoms with E-state index in [1.54, 1.807) is 24.7 Å². The van der Waals surface area contributed by atoms with Crippen molar-refractivity contribution in [2.24, 2.45) is 5.92 Å². The highest BCUT2D eigenvalue weighted by Gasteiger charge is 2.42. The number of hydrogen-bond acceptors (Lipinski definition) is 4. The fourth-order valence-electron chi connectivity index (χ4n) is 2.90. The van der Waals surface area contributed by atoms with E-state index < -0.39 is 0 Å². The molecule has 2 amide bonds. The second-order valence-electron chi connectivity index (χ2n) is 7.02. The van der Waals surface area contributed by atoms with E-state index in [4.69, 9.17) is 0 Å². The van der Waals surface area contributed by atoms with Crippen LogP contribution in [0.1, 0.15) is 50.0 Å². The molecule has 2 fully saturated rings. The van der Waals surface area contributed by atoms with Crippen molar-refractivity contribution >= 4 is 11.8 Å². The fraction of sp³-hybridized carbons (Fsp3) is 0.444. The van der Waals surface area contributed by atoms with Crippen molar-refractivity contribution in [1.82, 2.24) is 20.3 Å². The Bertz CT molecular complexity index is 740. The van der Waals surface area contributed by atoms with Gasteiger partial charge in [0.1, 0.15) is 11.6 Å². The topological polar surface area (TPSA) is 79.8 Å². The zero-order chi connectivity index (χ0) is 16.6. The van der Waals surface area contributed by atoms with Crippen LogP contribution in [0.5, 0.6) is 0 Å². The summed E-state index contributed by atoms with van der Waals surface area (Å²) in [6.45, 7) is 2.15. The highest BCUT2D eigenvalue weighted by atomic mass is 16.2. The smallest absolute Gasteiger partial charge is 0.320 e. The van der Waals surface area contributed by atoms with Gasteiger partial charge >= 0.3 is 6.03 Å². The van der Waals surface area contributed by atoms with E-state index in [1.165, 1.54) is 0 Å². The minimum atomic E-state index is -0.227. The van der Waals surface area contributed by atoms with Gasteiger partial charge in [-0.2, -0.15) is 0 Å². The highest BCUT2D eigenvalue weighted by Crippen LogP contribution is 2.46. The summed E-state index contributed by atoms with van der Waals surface area (Å²) >= 11 is 0. The van der Waals surface area contributed by atoms with Crippen LogP contribution in [-0.4, -0.2) is 21.0 Å². The Morgan fingerprint density at radius 1 is 1.21 bits per heavy atom. The quantitative estimate of drug-likeness (QED) is 0.885. The molecule has 2 aliphatic carbocycles. The second-order valence-corrected chi connectivity index (χ2v) is 7.02. The monoisotopic (exact) mass is 323 g/mol. The molecule has 0 aliphatic heterocycles. The first kappa shape index (κ1) is 15.1. The van der Waals surface area contributed by atoms with Crippen LogP contribution in [0.4, 0.5) is 10.6 Å². The predicted molar refractivity (Wildman–Crippen MR) is 90.5 cm³/mol. The van der Waals surface area contributed by atoms with Crippen molar-refractivity contribution in [2.45, 2.75) is 44.1 Å². The molecule has 0 aromatic carbocycles. The number of aromatic nitrogens is 3. The van der Waals surface area contributed by atoms with Gasteiger partial charge < -0.3 is 5.32 Å². The lowest BCUT2D eigenvalue weighted by Gasteiger charge is -2.19. The Hall–Kier alpha value is -2.50. The molecule has 24 heavy (non-hydrogen) atoms. The van der Waals surface area contributed by atoms with Crippen LogP contribution in [0.25, 0.3) is 0 Å². The van der Waals surface area contributed by atoms with Crippen LogP contribution in [-0.2, 0) is 5.41 Å². The van der Waals surface area contributed by atoms with E-state index in [0.29, 0.717) is 11.7 Å². The fourth-order valence-corrected chi connectivity index (χ4v) is 2.90. The van der Waals surface area contributed by atoms with Crippen molar-refractivity contribution in [3.8, 4) is 0 Å². The molecule has 2 aromatic rings. The molecular formula is C18H21N5O. The molecule has 0 bridgehead atoms. The van der Waals surface area contributed by atoms with E-state index in [2.05, 4.69) is 32.5 Å². The Morgan fingerprint density at radius 3 is 2.62 bits per heavy atom. The van der Waals surface area contributed by atoms with Gasteiger partial charge in [0.05, 0.1) is 6.04 Å². The van der Waals surface area contributed by atoms with Gasteiger partial charge in [-0.25, -0.2) is 14.8 Å². The van der Waals surface area contributed by atoms with Crippen molar-refractivity contribution < 1.29 is 4.79 Å². The number of hydrogen-bond donors (Lipinski definition) is 2. The molecule has 2 aromatic heterocycles. The first-order valence-corrected chi connectivity index (χ1v) is 8.45. The van der Waals surface area contributed by atoms with Gasteiger partial charge in [0.15, 0.2) is 0 Å². The molecule has 4 rings (SSSR count). The Labute approximate surface area is 141 Å². The molecule has 0 radical (unpaired) electrons. The van der Waals surface area contributed by atoms with Crippen LogP contribution >= 0.6 is 0 Å². The van der Waals surface area contributed by atoms with Crippen molar-refractivity contribution in [3.63, 3.8) is 0 Å². The largest absolute Gasteiger partial charge is 0.331 e.